The topological polar surface area (TPSA) is 47.6 Å². The summed E-state index contributed by atoms with van der Waals surface area (Å²) in [6.07, 6.45) is 3.11. The van der Waals surface area contributed by atoms with Crippen LogP contribution in [0.15, 0.2) is 60.7 Å². The Morgan fingerprint density at radius 1 is 1.09 bits per heavy atom. The fraction of sp³-hybridized carbons (Fsp3) is 0.211. The second-order valence-electron chi connectivity index (χ2n) is 4.99. The van der Waals surface area contributed by atoms with Crippen LogP contribution in [0, 0.1) is 0 Å². The first-order valence-electron chi connectivity index (χ1n) is 7.40. The van der Waals surface area contributed by atoms with E-state index in [2.05, 4.69) is 5.32 Å². The zero-order valence-corrected chi connectivity index (χ0v) is 13.4. The Morgan fingerprint density at radius 3 is 2.39 bits per heavy atom. The van der Waals surface area contributed by atoms with Gasteiger partial charge in [0.05, 0.1) is 13.2 Å². The number of amides is 1. The van der Waals surface area contributed by atoms with Gasteiger partial charge in [-0.25, -0.2) is 0 Å². The van der Waals surface area contributed by atoms with Crippen molar-refractivity contribution in [1.29, 1.82) is 0 Å². The van der Waals surface area contributed by atoms with Crippen molar-refractivity contribution in [3.8, 4) is 5.75 Å². The molecule has 0 fully saturated rings. The Morgan fingerprint density at radius 2 is 1.78 bits per heavy atom. The SMILES string of the molecule is COc1ccc(C(CNC(=O)/C=C/c2ccccc2)OC)cc1. The van der Waals surface area contributed by atoms with Crippen LogP contribution in [-0.2, 0) is 9.53 Å². The number of hydrogen-bond donors (Lipinski definition) is 1. The maximum absolute atomic E-state index is 11.9. The van der Waals surface area contributed by atoms with Crippen molar-refractivity contribution in [3.05, 3.63) is 71.8 Å². The van der Waals surface area contributed by atoms with E-state index < -0.39 is 0 Å². The monoisotopic (exact) mass is 311 g/mol. The molecule has 0 heterocycles. The molecule has 4 heteroatoms. The lowest BCUT2D eigenvalue weighted by Gasteiger charge is -2.16. The lowest BCUT2D eigenvalue weighted by molar-refractivity contribution is -0.117. The van der Waals surface area contributed by atoms with Crippen molar-refractivity contribution in [2.45, 2.75) is 6.10 Å². The van der Waals surface area contributed by atoms with Gasteiger partial charge < -0.3 is 14.8 Å². The van der Waals surface area contributed by atoms with Crippen LogP contribution < -0.4 is 10.1 Å². The molecule has 4 nitrogen and oxygen atoms in total. The van der Waals surface area contributed by atoms with Gasteiger partial charge in [0.15, 0.2) is 0 Å². The number of nitrogens with one attached hydrogen (secondary N) is 1. The van der Waals surface area contributed by atoms with Crippen molar-refractivity contribution in [2.75, 3.05) is 20.8 Å². The summed E-state index contributed by atoms with van der Waals surface area (Å²) in [7, 11) is 3.25. The largest absolute Gasteiger partial charge is 0.497 e. The van der Waals surface area contributed by atoms with Crippen molar-refractivity contribution < 1.29 is 14.3 Å². The summed E-state index contributed by atoms with van der Waals surface area (Å²) in [4.78, 5) is 11.9. The van der Waals surface area contributed by atoms with E-state index in [1.165, 1.54) is 6.08 Å². The van der Waals surface area contributed by atoms with Crippen LogP contribution in [0.4, 0.5) is 0 Å². The molecule has 0 aliphatic carbocycles. The van der Waals surface area contributed by atoms with Crippen LogP contribution in [0.5, 0.6) is 5.75 Å². The van der Waals surface area contributed by atoms with Crippen LogP contribution in [0.2, 0.25) is 0 Å². The highest BCUT2D eigenvalue weighted by Crippen LogP contribution is 2.19. The molecule has 2 aromatic rings. The maximum Gasteiger partial charge on any atom is 0.244 e. The molecule has 0 saturated heterocycles. The van der Waals surface area contributed by atoms with E-state index in [9.17, 15) is 4.79 Å². The summed E-state index contributed by atoms with van der Waals surface area (Å²) in [6, 6.07) is 17.3. The minimum atomic E-state index is -0.199. The first-order valence-corrected chi connectivity index (χ1v) is 7.40. The summed E-state index contributed by atoms with van der Waals surface area (Å²) in [5.41, 5.74) is 1.97. The van der Waals surface area contributed by atoms with E-state index >= 15 is 0 Å². The summed E-state index contributed by atoms with van der Waals surface area (Å²) in [6.45, 7) is 0.404. The molecule has 0 aliphatic rings. The van der Waals surface area contributed by atoms with Crippen molar-refractivity contribution in [3.63, 3.8) is 0 Å². The number of methoxy groups -OCH3 is 2. The van der Waals surface area contributed by atoms with Gasteiger partial charge >= 0.3 is 0 Å². The van der Waals surface area contributed by atoms with Crippen LogP contribution in [0.1, 0.15) is 17.2 Å². The predicted octanol–water partition coefficient (Wildman–Crippen LogP) is 3.21. The fourth-order valence-electron chi connectivity index (χ4n) is 2.14. The summed E-state index contributed by atoms with van der Waals surface area (Å²) in [5.74, 6) is 0.642. The van der Waals surface area contributed by atoms with Gasteiger partial charge in [-0.3, -0.25) is 4.79 Å². The molecule has 0 spiro atoms. The normalized spacial score (nSPS) is 12.1. The van der Waals surface area contributed by atoms with Gasteiger partial charge in [-0.2, -0.15) is 0 Å². The standard InChI is InChI=1S/C19H21NO3/c1-22-17-11-9-16(10-12-17)18(23-2)14-20-19(21)13-8-15-6-4-3-5-7-15/h3-13,18H,14H2,1-2H3,(H,20,21)/b13-8+. The summed E-state index contributed by atoms with van der Waals surface area (Å²) < 4.78 is 10.6. The van der Waals surface area contributed by atoms with Gasteiger partial charge in [-0.05, 0) is 29.3 Å². The lowest BCUT2D eigenvalue weighted by atomic mass is 10.1. The first kappa shape index (κ1) is 16.8. The molecule has 120 valence electrons. The average Bonchev–Trinajstić information content (AvgIpc) is 2.62. The maximum atomic E-state index is 11.9. The highest BCUT2D eigenvalue weighted by molar-refractivity contribution is 5.91. The number of rotatable bonds is 7. The average molecular weight is 311 g/mol. The third-order valence-corrected chi connectivity index (χ3v) is 3.46. The Kier molecular flexibility index (Phi) is 6.39. The molecule has 2 rings (SSSR count). The molecule has 1 atom stereocenters. The number of ether oxygens (including phenoxy) is 2. The Hall–Kier alpha value is -2.59. The van der Waals surface area contributed by atoms with Crippen molar-refractivity contribution in [1.82, 2.24) is 5.32 Å². The van der Waals surface area contributed by atoms with E-state index in [1.807, 2.05) is 54.6 Å². The van der Waals surface area contributed by atoms with Crippen LogP contribution >= 0.6 is 0 Å². The molecule has 0 bridgehead atoms. The Bertz CT molecular complexity index is 635. The molecule has 0 aliphatic heterocycles. The number of hydrogen-bond acceptors (Lipinski definition) is 3. The van der Waals surface area contributed by atoms with Crippen molar-refractivity contribution in [2.24, 2.45) is 0 Å². The zero-order valence-electron chi connectivity index (χ0n) is 13.4. The van der Waals surface area contributed by atoms with Crippen LogP contribution in [0.25, 0.3) is 6.08 Å². The smallest absolute Gasteiger partial charge is 0.244 e. The molecule has 2 aromatic carbocycles. The summed E-state index contributed by atoms with van der Waals surface area (Å²) in [5, 5.41) is 2.85. The number of carbonyl (C=O) groups excluding carboxylic acids is 1. The van der Waals surface area contributed by atoms with Gasteiger partial charge in [-0.1, -0.05) is 42.5 Å². The third kappa shape index (κ3) is 5.27. The minimum Gasteiger partial charge on any atom is -0.497 e. The molecular weight excluding hydrogens is 290 g/mol. The Balaban J connectivity index is 1.89. The quantitative estimate of drug-likeness (QED) is 0.799. The molecule has 1 unspecified atom stereocenters. The van der Waals surface area contributed by atoms with Crippen LogP contribution in [0.3, 0.4) is 0 Å². The van der Waals surface area contributed by atoms with E-state index in [1.54, 1.807) is 20.3 Å². The van der Waals surface area contributed by atoms with Gasteiger partial charge in [0.2, 0.25) is 5.91 Å². The molecule has 23 heavy (non-hydrogen) atoms. The van der Waals surface area contributed by atoms with Crippen molar-refractivity contribution >= 4 is 12.0 Å². The number of carbonyl (C=O) groups is 1. The molecule has 0 aromatic heterocycles. The fourth-order valence-corrected chi connectivity index (χ4v) is 2.14. The van der Waals surface area contributed by atoms with Gasteiger partial charge in [0.25, 0.3) is 0 Å². The summed E-state index contributed by atoms with van der Waals surface area (Å²) >= 11 is 0. The Labute approximate surface area is 136 Å². The zero-order chi connectivity index (χ0) is 16.5. The highest BCUT2D eigenvalue weighted by Gasteiger charge is 2.11. The van der Waals surface area contributed by atoms with Crippen LogP contribution in [-0.4, -0.2) is 26.7 Å². The van der Waals surface area contributed by atoms with E-state index in [-0.39, 0.29) is 12.0 Å². The van der Waals surface area contributed by atoms with Gasteiger partial charge in [0, 0.05) is 19.7 Å². The highest BCUT2D eigenvalue weighted by atomic mass is 16.5. The molecule has 1 amide bonds. The molecule has 0 radical (unpaired) electrons. The lowest BCUT2D eigenvalue weighted by Crippen LogP contribution is -2.27. The molecular formula is C19H21NO3. The molecule has 0 saturated carbocycles. The van der Waals surface area contributed by atoms with Gasteiger partial charge in [0.1, 0.15) is 5.75 Å². The van der Waals surface area contributed by atoms with E-state index in [0.717, 1.165) is 16.9 Å². The molecule has 1 N–H and O–H groups in total. The second kappa shape index (κ2) is 8.76. The number of benzene rings is 2. The third-order valence-electron chi connectivity index (χ3n) is 3.46. The van der Waals surface area contributed by atoms with E-state index in [0.29, 0.717) is 6.54 Å². The second-order valence-corrected chi connectivity index (χ2v) is 4.99. The van der Waals surface area contributed by atoms with E-state index in [4.69, 9.17) is 9.47 Å². The predicted molar refractivity (Wildman–Crippen MR) is 91.2 cm³/mol. The first-order chi connectivity index (χ1) is 11.2. The van der Waals surface area contributed by atoms with Gasteiger partial charge in [-0.15, -0.1) is 0 Å². The minimum absolute atomic E-state index is 0.149.